The molecule has 0 saturated heterocycles. The molecule has 0 aliphatic carbocycles. The number of nitrogens with zero attached hydrogens (tertiary/aromatic N) is 2. The monoisotopic (exact) mass is 374 g/mol. The van der Waals surface area contributed by atoms with E-state index in [1.165, 1.54) is 16.5 Å². The Morgan fingerprint density at radius 3 is 2.00 bits per heavy atom. The Balaban J connectivity index is 1.70. The molecule has 5 rings (SSSR count). The fourth-order valence-corrected chi connectivity index (χ4v) is 3.87. The van der Waals surface area contributed by atoms with Gasteiger partial charge in [0.1, 0.15) is 0 Å². The fraction of sp³-hybridized carbons (Fsp3) is 0.111. The highest BCUT2D eigenvalue weighted by Crippen LogP contribution is 2.32. The molecule has 1 heterocycles. The lowest BCUT2D eigenvalue weighted by molar-refractivity contribution is 0.826. The zero-order valence-electron chi connectivity index (χ0n) is 16.6. The summed E-state index contributed by atoms with van der Waals surface area (Å²) in [6.45, 7) is 4.36. The summed E-state index contributed by atoms with van der Waals surface area (Å²) in [5.74, 6) is 0.294. The van der Waals surface area contributed by atoms with Crippen LogP contribution in [0.15, 0.2) is 91.0 Å². The maximum atomic E-state index is 5.13. The third kappa shape index (κ3) is 3.17. The number of benzene rings is 4. The van der Waals surface area contributed by atoms with Crippen molar-refractivity contribution in [2.75, 3.05) is 0 Å². The smallest absolute Gasteiger partial charge is 0.0972 e. The summed E-state index contributed by atoms with van der Waals surface area (Å²) < 4.78 is 0. The SMILES string of the molecule is CC(C)c1nc2ccc3ccccc3c2nc1-c1ccc(-c2ccccc2)cc1. The molecule has 140 valence electrons. The second-order valence-corrected chi connectivity index (χ2v) is 7.71. The molecule has 0 N–H and O–H groups in total. The van der Waals surface area contributed by atoms with Crippen molar-refractivity contribution in [2.45, 2.75) is 19.8 Å². The van der Waals surface area contributed by atoms with Crippen LogP contribution in [0.4, 0.5) is 0 Å². The summed E-state index contributed by atoms with van der Waals surface area (Å²) in [6, 6.07) is 31.7. The predicted molar refractivity (Wildman–Crippen MR) is 122 cm³/mol. The highest BCUT2D eigenvalue weighted by Gasteiger charge is 2.15. The molecule has 5 aromatic rings. The van der Waals surface area contributed by atoms with Gasteiger partial charge in [0.2, 0.25) is 0 Å². The zero-order chi connectivity index (χ0) is 19.8. The topological polar surface area (TPSA) is 25.8 Å². The van der Waals surface area contributed by atoms with Crippen LogP contribution in [0.25, 0.3) is 44.2 Å². The van der Waals surface area contributed by atoms with Crippen LogP contribution in [-0.4, -0.2) is 9.97 Å². The maximum Gasteiger partial charge on any atom is 0.0972 e. The minimum atomic E-state index is 0.294. The second-order valence-electron chi connectivity index (χ2n) is 7.71. The second kappa shape index (κ2) is 7.14. The normalized spacial score (nSPS) is 11.4. The molecule has 0 saturated carbocycles. The van der Waals surface area contributed by atoms with Crippen molar-refractivity contribution in [3.8, 4) is 22.4 Å². The van der Waals surface area contributed by atoms with E-state index in [0.717, 1.165) is 33.4 Å². The van der Waals surface area contributed by atoms with Crippen molar-refractivity contribution in [3.05, 3.63) is 96.7 Å². The molecule has 0 atom stereocenters. The number of hydrogen-bond donors (Lipinski definition) is 0. The van der Waals surface area contributed by atoms with E-state index in [4.69, 9.17) is 9.97 Å². The Hall–Kier alpha value is -3.52. The summed E-state index contributed by atoms with van der Waals surface area (Å²) >= 11 is 0. The van der Waals surface area contributed by atoms with Crippen LogP contribution in [0.3, 0.4) is 0 Å². The molecule has 2 nitrogen and oxygen atoms in total. The molecule has 0 bridgehead atoms. The van der Waals surface area contributed by atoms with Crippen molar-refractivity contribution in [3.63, 3.8) is 0 Å². The van der Waals surface area contributed by atoms with Gasteiger partial charge in [0.25, 0.3) is 0 Å². The molecule has 29 heavy (non-hydrogen) atoms. The summed E-state index contributed by atoms with van der Waals surface area (Å²) in [6.07, 6.45) is 0. The largest absolute Gasteiger partial charge is 0.249 e. The Kier molecular flexibility index (Phi) is 4.33. The molecule has 4 aromatic carbocycles. The van der Waals surface area contributed by atoms with E-state index in [0.29, 0.717) is 5.92 Å². The lowest BCUT2D eigenvalue weighted by Gasteiger charge is -2.14. The number of aromatic nitrogens is 2. The van der Waals surface area contributed by atoms with Crippen LogP contribution in [0, 0.1) is 0 Å². The minimum Gasteiger partial charge on any atom is -0.249 e. The maximum absolute atomic E-state index is 5.13. The van der Waals surface area contributed by atoms with Crippen molar-refractivity contribution >= 4 is 21.8 Å². The molecular formula is C27H22N2. The van der Waals surface area contributed by atoms with E-state index in [9.17, 15) is 0 Å². The van der Waals surface area contributed by atoms with Crippen LogP contribution >= 0.6 is 0 Å². The van der Waals surface area contributed by atoms with Crippen molar-refractivity contribution < 1.29 is 0 Å². The van der Waals surface area contributed by atoms with Gasteiger partial charge in [-0.1, -0.05) is 98.8 Å². The summed E-state index contributed by atoms with van der Waals surface area (Å²) in [5.41, 5.74) is 7.48. The molecule has 0 aliphatic rings. The lowest BCUT2D eigenvalue weighted by Crippen LogP contribution is -2.01. The first-order chi connectivity index (χ1) is 14.2. The van der Waals surface area contributed by atoms with Crippen LogP contribution in [0.5, 0.6) is 0 Å². The molecule has 2 heteroatoms. The van der Waals surface area contributed by atoms with Crippen molar-refractivity contribution in [1.29, 1.82) is 0 Å². The number of hydrogen-bond acceptors (Lipinski definition) is 2. The van der Waals surface area contributed by atoms with Gasteiger partial charge in [-0.15, -0.1) is 0 Å². The van der Waals surface area contributed by atoms with Gasteiger partial charge in [0, 0.05) is 10.9 Å². The van der Waals surface area contributed by atoms with E-state index in [-0.39, 0.29) is 0 Å². The van der Waals surface area contributed by atoms with Gasteiger partial charge in [0.15, 0.2) is 0 Å². The molecule has 0 unspecified atom stereocenters. The first kappa shape index (κ1) is 17.6. The number of rotatable bonds is 3. The Bertz CT molecular complexity index is 1300. The Labute approximate surface area is 170 Å². The highest BCUT2D eigenvalue weighted by molar-refractivity contribution is 6.04. The van der Waals surface area contributed by atoms with Gasteiger partial charge in [-0.3, -0.25) is 0 Å². The Morgan fingerprint density at radius 1 is 0.586 bits per heavy atom. The van der Waals surface area contributed by atoms with E-state index in [1.54, 1.807) is 0 Å². The van der Waals surface area contributed by atoms with Gasteiger partial charge < -0.3 is 0 Å². The third-order valence-corrected chi connectivity index (χ3v) is 5.40. The molecule has 0 fully saturated rings. The van der Waals surface area contributed by atoms with E-state index in [1.807, 2.05) is 6.07 Å². The van der Waals surface area contributed by atoms with E-state index < -0.39 is 0 Å². The summed E-state index contributed by atoms with van der Waals surface area (Å²) in [5, 5.41) is 2.34. The van der Waals surface area contributed by atoms with Crippen molar-refractivity contribution in [2.24, 2.45) is 0 Å². The zero-order valence-corrected chi connectivity index (χ0v) is 16.6. The highest BCUT2D eigenvalue weighted by atomic mass is 14.8. The quantitative estimate of drug-likeness (QED) is 0.311. The van der Waals surface area contributed by atoms with Gasteiger partial charge in [-0.05, 0) is 28.5 Å². The molecule has 1 aromatic heterocycles. The fourth-order valence-electron chi connectivity index (χ4n) is 3.87. The molecule has 0 aliphatic heterocycles. The van der Waals surface area contributed by atoms with Crippen LogP contribution in [-0.2, 0) is 0 Å². The van der Waals surface area contributed by atoms with Crippen LogP contribution < -0.4 is 0 Å². The van der Waals surface area contributed by atoms with E-state index >= 15 is 0 Å². The first-order valence-corrected chi connectivity index (χ1v) is 10.1. The van der Waals surface area contributed by atoms with Crippen molar-refractivity contribution in [1.82, 2.24) is 9.97 Å². The number of fused-ring (bicyclic) bond motifs is 3. The molecule has 0 amide bonds. The van der Waals surface area contributed by atoms with Gasteiger partial charge in [0.05, 0.1) is 22.4 Å². The first-order valence-electron chi connectivity index (χ1n) is 10.1. The van der Waals surface area contributed by atoms with Gasteiger partial charge in [-0.25, -0.2) is 9.97 Å². The summed E-state index contributed by atoms with van der Waals surface area (Å²) in [7, 11) is 0. The average molecular weight is 374 g/mol. The van der Waals surface area contributed by atoms with Gasteiger partial charge >= 0.3 is 0 Å². The van der Waals surface area contributed by atoms with Crippen LogP contribution in [0.2, 0.25) is 0 Å². The Morgan fingerprint density at radius 2 is 1.24 bits per heavy atom. The third-order valence-electron chi connectivity index (χ3n) is 5.40. The van der Waals surface area contributed by atoms with E-state index in [2.05, 4.69) is 98.8 Å². The molecule has 0 radical (unpaired) electrons. The molecule has 0 spiro atoms. The van der Waals surface area contributed by atoms with Gasteiger partial charge in [-0.2, -0.15) is 0 Å². The lowest BCUT2D eigenvalue weighted by atomic mass is 9.98. The predicted octanol–water partition coefficient (Wildman–Crippen LogP) is 7.24. The summed E-state index contributed by atoms with van der Waals surface area (Å²) in [4.78, 5) is 10.2. The average Bonchev–Trinajstić information content (AvgIpc) is 2.79. The van der Waals surface area contributed by atoms with Crippen LogP contribution in [0.1, 0.15) is 25.5 Å². The minimum absolute atomic E-state index is 0.294. The standard InChI is InChI=1S/C27H22N2/c1-18(2)25-26(22-14-12-20(13-15-22)19-8-4-3-5-9-19)29-27-23-11-7-6-10-21(23)16-17-24(27)28-25/h3-18H,1-2H3. The molecular weight excluding hydrogens is 352 g/mol.